The number of hydrogen-bond acceptors (Lipinski definition) is 2. The lowest BCUT2D eigenvalue weighted by Crippen LogP contribution is -1.98. The summed E-state index contributed by atoms with van der Waals surface area (Å²) in [6.45, 7) is 0. The Labute approximate surface area is 131 Å². The topological polar surface area (TPSA) is 52.0 Å². The molecule has 0 aliphatic heterocycles. The quantitative estimate of drug-likeness (QED) is 0.703. The van der Waals surface area contributed by atoms with Crippen LogP contribution < -0.4 is 11.5 Å². The summed E-state index contributed by atoms with van der Waals surface area (Å²) in [7, 11) is 0. The van der Waals surface area contributed by atoms with E-state index in [-0.39, 0.29) is 0 Å². The van der Waals surface area contributed by atoms with Gasteiger partial charge in [0.15, 0.2) is 0 Å². The van der Waals surface area contributed by atoms with Crippen LogP contribution >= 0.6 is 0 Å². The highest BCUT2D eigenvalue weighted by molar-refractivity contribution is 5.63. The molecule has 3 rings (SSSR count). The van der Waals surface area contributed by atoms with E-state index in [2.05, 4.69) is 48.5 Å². The lowest BCUT2D eigenvalue weighted by atomic mass is 9.99. The predicted molar refractivity (Wildman–Crippen MR) is 94.6 cm³/mol. The summed E-state index contributed by atoms with van der Waals surface area (Å²) in [6, 6.07) is 24.9. The van der Waals surface area contributed by atoms with Gasteiger partial charge in [0.25, 0.3) is 0 Å². The maximum absolute atomic E-state index is 6.01. The van der Waals surface area contributed by atoms with Gasteiger partial charge in [-0.05, 0) is 47.2 Å². The molecule has 110 valence electrons. The zero-order valence-corrected chi connectivity index (χ0v) is 12.5. The molecule has 3 aromatic rings. The second-order valence-electron chi connectivity index (χ2n) is 5.52. The van der Waals surface area contributed by atoms with E-state index in [1.807, 2.05) is 24.3 Å². The standard InChI is InChI=1S/C20H20N2/c21-19-13-12-18(20(22)14-19)11-8-15-6-9-17(10-7-15)16-4-2-1-3-5-16/h1-7,9-10,12-14H,8,11,21-22H2. The Morgan fingerprint density at radius 1 is 0.636 bits per heavy atom. The van der Waals surface area contributed by atoms with E-state index in [9.17, 15) is 0 Å². The minimum Gasteiger partial charge on any atom is -0.399 e. The first-order valence-corrected chi connectivity index (χ1v) is 7.50. The molecule has 2 nitrogen and oxygen atoms in total. The molecule has 0 bridgehead atoms. The van der Waals surface area contributed by atoms with Crippen LogP contribution in [0.25, 0.3) is 11.1 Å². The van der Waals surface area contributed by atoms with Crippen molar-refractivity contribution in [3.05, 3.63) is 83.9 Å². The second kappa shape index (κ2) is 6.35. The predicted octanol–water partition coefficient (Wildman–Crippen LogP) is 4.30. The van der Waals surface area contributed by atoms with Gasteiger partial charge in [0.2, 0.25) is 0 Å². The van der Waals surface area contributed by atoms with Crippen molar-refractivity contribution in [2.75, 3.05) is 11.5 Å². The summed E-state index contributed by atoms with van der Waals surface area (Å²) < 4.78 is 0. The van der Waals surface area contributed by atoms with Crippen LogP contribution in [0.2, 0.25) is 0 Å². The van der Waals surface area contributed by atoms with E-state index in [1.54, 1.807) is 0 Å². The van der Waals surface area contributed by atoms with Crippen LogP contribution in [0.4, 0.5) is 11.4 Å². The monoisotopic (exact) mass is 288 g/mol. The van der Waals surface area contributed by atoms with Gasteiger partial charge >= 0.3 is 0 Å². The van der Waals surface area contributed by atoms with Crippen LogP contribution in [0.1, 0.15) is 11.1 Å². The fourth-order valence-electron chi connectivity index (χ4n) is 2.61. The van der Waals surface area contributed by atoms with Gasteiger partial charge in [-0.3, -0.25) is 0 Å². The molecule has 0 amide bonds. The van der Waals surface area contributed by atoms with Crippen molar-refractivity contribution >= 4 is 11.4 Å². The third kappa shape index (κ3) is 3.29. The van der Waals surface area contributed by atoms with Crippen molar-refractivity contribution in [3.8, 4) is 11.1 Å². The molecular weight excluding hydrogens is 268 g/mol. The molecule has 0 radical (unpaired) electrons. The normalized spacial score (nSPS) is 10.5. The largest absolute Gasteiger partial charge is 0.399 e. The Hall–Kier alpha value is -2.74. The molecule has 0 unspecified atom stereocenters. The minimum atomic E-state index is 0.716. The maximum atomic E-state index is 6.01. The Kier molecular flexibility index (Phi) is 4.10. The fourth-order valence-corrected chi connectivity index (χ4v) is 2.61. The maximum Gasteiger partial charge on any atom is 0.0367 e. The first-order valence-electron chi connectivity index (χ1n) is 7.50. The van der Waals surface area contributed by atoms with Crippen LogP contribution in [0, 0.1) is 0 Å². The number of aryl methyl sites for hydroxylation is 2. The summed E-state index contributed by atoms with van der Waals surface area (Å²) in [5.74, 6) is 0. The first-order chi connectivity index (χ1) is 10.7. The van der Waals surface area contributed by atoms with Crippen molar-refractivity contribution in [2.45, 2.75) is 12.8 Å². The minimum absolute atomic E-state index is 0.716. The number of hydrogen-bond donors (Lipinski definition) is 2. The number of rotatable bonds is 4. The fraction of sp³-hybridized carbons (Fsp3) is 0.100. The number of benzene rings is 3. The van der Waals surface area contributed by atoms with Gasteiger partial charge in [0, 0.05) is 11.4 Å². The summed E-state index contributed by atoms with van der Waals surface area (Å²) in [6.07, 6.45) is 1.90. The molecule has 0 saturated carbocycles. The van der Waals surface area contributed by atoms with Crippen molar-refractivity contribution in [2.24, 2.45) is 0 Å². The highest BCUT2D eigenvalue weighted by Gasteiger charge is 2.02. The van der Waals surface area contributed by atoms with Crippen LogP contribution in [0.15, 0.2) is 72.8 Å². The third-order valence-electron chi connectivity index (χ3n) is 3.91. The molecule has 0 aromatic heterocycles. The van der Waals surface area contributed by atoms with Crippen molar-refractivity contribution in [3.63, 3.8) is 0 Å². The van der Waals surface area contributed by atoms with Gasteiger partial charge in [0.1, 0.15) is 0 Å². The van der Waals surface area contributed by atoms with E-state index in [1.165, 1.54) is 16.7 Å². The Morgan fingerprint density at radius 3 is 2.00 bits per heavy atom. The molecule has 2 heteroatoms. The molecule has 0 spiro atoms. The van der Waals surface area contributed by atoms with Crippen molar-refractivity contribution < 1.29 is 0 Å². The van der Waals surface area contributed by atoms with Crippen LogP contribution in [-0.4, -0.2) is 0 Å². The van der Waals surface area contributed by atoms with Gasteiger partial charge in [0.05, 0.1) is 0 Å². The lowest BCUT2D eigenvalue weighted by Gasteiger charge is -2.08. The van der Waals surface area contributed by atoms with Gasteiger partial charge in [-0.1, -0.05) is 60.7 Å². The molecule has 0 aliphatic carbocycles. The number of nitrogen functional groups attached to an aromatic ring is 2. The SMILES string of the molecule is Nc1ccc(CCc2ccc(-c3ccccc3)cc2)c(N)c1. The summed E-state index contributed by atoms with van der Waals surface area (Å²) in [5.41, 5.74) is 18.2. The van der Waals surface area contributed by atoms with Gasteiger partial charge < -0.3 is 11.5 Å². The summed E-state index contributed by atoms with van der Waals surface area (Å²) in [4.78, 5) is 0. The smallest absolute Gasteiger partial charge is 0.0367 e. The van der Waals surface area contributed by atoms with E-state index in [0.717, 1.165) is 24.1 Å². The number of nitrogens with two attached hydrogens (primary N) is 2. The van der Waals surface area contributed by atoms with E-state index < -0.39 is 0 Å². The molecule has 0 saturated heterocycles. The molecule has 0 aliphatic rings. The number of anilines is 2. The Morgan fingerprint density at radius 2 is 1.32 bits per heavy atom. The average molecular weight is 288 g/mol. The average Bonchev–Trinajstić information content (AvgIpc) is 2.55. The van der Waals surface area contributed by atoms with Crippen LogP contribution in [0.5, 0.6) is 0 Å². The van der Waals surface area contributed by atoms with E-state index >= 15 is 0 Å². The first kappa shape index (κ1) is 14.2. The van der Waals surface area contributed by atoms with Gasteiger partial charge in [-0.25, -0.2) is 0 Å². The zero-order valence-electron chi connectivity index (χ0n) is 12.5. The summed E-state index contributed by atoms with van der Waals surface area (Å²) >= 11 is 0. The molecule has 0 heterocycles. The molecule has 3 aromatic carbocycles. The zero-order chi connectivity index (χ0) is 15.4. The second-order valence-corrected chi connectivity index (χ2v) is 5.52. The third-order valence-corrected chi connectivity index (χ3v) is 3.91. The molecule has 4 N–H and O–H groups in total. The van der Waals surface area contributed by atoms with Crippen molar-refractivity contribution in [1.82, 2.24) is 0 Å². The van der Waals surface area contributed by atoms with E-state index in [0.29, 0.717) is 5.69 Å². The Balaban J connectivity index is 1.69. The Bertz CT molecular complexity index is 746. The van der Waals surface area contributed by atoms with Gasteiger partial charge in [-0.15, -0.1) is 0 Å². The lowest BCUT2D eigenvalue weighted by molar-refractivity contribution is 0.963. The van der Waals surface area contributed by atoms with Gasteiger partial charge in [-0.2, -0.15) is 0 Å². The summed E-state index contributed by atoms with van der Waals surface area (Å²) in [5, 5.41) is 0. The van der Waals surface area contributed by atoms with E-state index in [4.69, 9.17) is 11.5 Å². The van der Waals surface area contributed by atoms with Crippen LogP contribution in [-0.2, 0) is 12.8 Å². The van der Waals surface area contributed by atoms with Crippen LogP contribution in [0.3, 0.4) is 0 Å². The molecule has 22 heavy (non-hydrogen) atoms. The highest BCUT2D eigenvalue weighted by Crippen LogP contribution is 2.21. The molecular formula is C20H20N2. The highest BCUT2D eigenvalue weighted by atomic mass is 14.6. The molecule has 0 fully saturated rings. The van der Waals surface area contributed by atoms with Crippen molar-refractivity contribution in [1.29, 1.82) is 0 Å². The molecule has 0 atom stereocenters.